The van der Waals surface area contributed by atoms with Crippen LogP contribution in [0.2, 0.25) is 0 Å². The van der Waals surface area contributed by atoms with Gasteiger partial charge in [0.15, 0.2) is 0 Å². The number of carbonyl (C=O) groups is 1. The van der Waals surface area contributed by atoms with E-state index in [1.165, 1.54) is 0 Å². The summed E-state index contributed by atoms with van der Waals surface area (Å²) in [6.07, 6.45) is 1.74. The van der Waals surface area contributed by atoms with Crippen LogP contribution in [-0.2, 0) is 6.54 Å². The van der Waals surface area contributed by atoms with E-state index in [0.29, 0.717) is 17.8 Å². The molecule has 4 heteroatoms. The first kappa shape index (κ1) is 13.1. The largest absolute Gasteiger partial charge is 0.399 e. The van der Waals surface area contributed by atoms with Gasteiger partial charge in [-0.3, -0.25) is 9.78 Å². The van der Waals surface area contributed by atoms with Gasteiger partial charge in [-0.15, -0.1) is 0 Å². The van der Waals surface area contributed by atoms with E-state index in [2.05, 4.69) is 10.3 Å². The normalized spacial score (nSPS) is 10.5. The van der Waals surface area contributed by atoms with Gasteiger partial charge < -0.3 is 11.1 Å². The zero-order chi connectivity index (χ0) is 14.7. The van der Waals surface area contributed by atoms with Crippen LogP contribution in [0.4, 0.5) is 5.69 Å². The Balaban J connectivity index is 1.74. The average Bonchev–Trinajstić information content (AvgIpc) is 2.52. The molecule has 0 spiro atoms. The van der Waals surface area contributed by atoms with Crippen LogP contribution in [0.15, 0.2) is 60.8 Å². The number of amides is 1. The monoisotopic (exact) mass is 277 g/mol. The zero-order valence-corrected chi connectivity index (χ0v) is 11.4. The van der Waals surface area contributed by atoms with Gasteiger partial charge in [0.05, 0.1) is 5.52 Å². The van der Waals surface area contributed by atoms with Gasteiger partial charge in [0.1, 0.15) is 0 Å². The standard InChI is InChI=1S/C17H15N3O/c18-15-5-1-3-12(9-15)11-20-17(21)14-6-7-16-13(10-14)4-2-8-19-16/h1-10H,11,18H2,(H,20,21). The molecular weight excluding hydrogens is 262 g/mol. The number of nitrogens with one attached hydrogen (secondary N) is 1. The summed E-state index contributed by atoms with van der Waals surface area (Å²) in [4.78, 5) is 16.4. The molecule has 3 rings (SSSR count). The summed E-state index contributed by atoms with van der Waals surface area (Å²) in [5.74, 6) is -0.108. The van der Waals surface area contributed by atoms with E-state index in [9.17, 15) is 4.79 Å². The number of nitrogens with two attached hydrogens (primary N) is 1. The molecule has 1 heterocycles. The Labute approximate surface area is 122 Å². The third-order valence-electron chi connectivity index (χ3n) is 3.27. The minimum Gasteiger partial charge on any atom is -0.399 e. The number of aromatic nitrogens is 1. The molecule has 0 radical (unpaired) electrons. The summed E-state index contributed by atoms with van der Waals surface area (Å²) < 4.78 is 0. The molecule has 0 saturated heterocycles. The van der Waals surface area contributed by atoms with Crippen LogP contribution in [0.1, 0.15) is 15.9 Å². The summed E-state index contributed by atoms with van der Waals surface area (Å²) >= 11 is 0. The number of rotatable bonds is 3. The smallest absolute Gasteiger partial charge is 0.251 e. The number of nitrogens with zero attached hydrogens (tertiary/aromatic N) is 1. The van der Waals surface area contributed by atoms with E-state index in [4.69, 9.17) is 5.73 Å². The second-order valence-electron chi connectivity index (χ2n) is 4.84. The van der Waals surface area contributed by atoms with Gasteiger partial charge in [-0.05, 0) is 42.0 Å². The van der Waals surface area contributed by atoms with E-state index in [0.717, 1.165) is 16.5 Å². The number of hydrogen-bond donors (Lipinski definition) is 2. The highest BCUT2D eigenvalue weighted by atomic mass is 16.1. The third kappa shape index (κ3) is 3.00. The molecule has 0 fully saturated rings. The number of nitrogen functional groups attached to an aromatic ring is 1. The van der Waals surface area contributed by atoms with Crippen molar-refractivity contribution in [2.75, 3.05) is 5.73 Å². The van der Waals surface area contributed by atoms with Crippen molar-refractivity contribution in [2.45, 2.75) is 6.54 Å². The highest BCUT2D eigenvalue weighted by Gasteiger charge is 2.06. The Kier molecular flexibility index (Phi) is 3.51. The van der Waals surface area contributed by atoms with Crippen molar-refractivity contribution in [2.24, 2.45) is 0 Å². The van der Waals surface area contributed by atoms with Crippen molar-refractivity contribution in [3.63, 3.8) is 0 Å². The van der Waals surface area contributed by atoms with Crippen molar-refractivity contribution in [3.05, 3.63) is 71.9 Å². The van der Waals surface area contributed by atoms with Gasteiger partial charge in [-0.2, -0.15) is 0 Å². The van der Waals surface area contributed by atoms with Crippen LogP contribution < -0.4 is 11.1 Å². The molecule has 1 aromatic heterocycles. The number of anilines is 1. The van der Waals surface area contributed by atoms with Gasteiger partial charge in [0.25, 0.3) is 5.91 Å². The lowest BCUT2D eigenvalue weighted by molar-refractivity contribution is 0.0951. The van der Waals surface area contributed by atoms with Crippen LogP contribution in [0.5, 0.6) is 0 Å². The Morgan fingerprint density at radius 3 is 2.86 bits per heavy atom. The van der Waals surface area contributed by atoms with Crippen molar-refractivity contribution in [3.8, 4) is 0 Å². The number of benzene rings is 2. The minimum atomic E-state index is -0.108. The fraction of sp³-hybridized carbons (Fsp3) is 0.0588. The van der Waals surface area contributed by atoms with Crippen LogP contribution in [0, 0.1) is 0 Å². The summed E-state index contributed by atoms with van der Waals surface area (Å²) in [5.41, 5.74) is 8.89. The summed E-state index contributed by atoms with van der Waals surface area (Å²) in [6.45, 7) is 0.453. The Bertz CT molecular complexity index is 799. The molecule has 0 aliphatic rings. The summed E-state index contributed by atoms with van der Waals surface area (Å²) in [7, 11) is 0. The molecule has 3 aromatic rings. The van der Waals surface area contributed by atoms with Crippen molar-refractivity contribution in [1.82, 2.24) is 10.3 Å². The number of carbonyl (C=O) groups excluding carboxylic acids is 1. The van der Waals surface area contributed by atoms with Crippen LogP contribution in [0.3, 0.4) is 0 Å². The maximum absolute atomic E-state index is 12.2. The predicted molar refractivity (Wildman–Crippen MR) is 83.8 cm³/mol. The van der Waals surface area contributed by atoms with E-state index in [1.807, 2.05) is 48.5 Å². The second-order valence-corrected chi connectivity index (χ2v) is 4.84. The lowest BCUT2D eigenvalue weighted by atomic mass is 10.1. The maximum Gasteiger partial charge on any atom is 0.251 e. The van der Waals surface area contributed by atoms with Gasteiger partial charge in [0, 0.05) is 29.4 Å². The van der Waals surface area contributed by atoms with Gasteiger partial charge in [-0.25, -0.2) is 0 Å². The fourth-order valence-corrected chi connectivity index (χ4v) is 2.20. The first-order valence-electron chi connectivity index (χ1n) is 6.70. The summed E-state index contributed by atoms with van der Waals surface area (Å²) in [6, 6.07) is 16.8. The fourth-order valence-electron chi connectivity index (χ4n) is 2.20. The first-order valence-corrected chi connectivity index (χ1v) is 6.70. The number of fused-ring (bicyclic) bond motifs is 1. The van der Waals surface area contributed by atoms with Gasteiger partial charge in [0.2, 0.25) is 0 Å². The Morgan fingerprint density at radius 2 is 2.00 bits per heavy atom. The van der Waals surface area contributed by atoms with Crippen LogP contribution in [-0.4, -0.2) is 10.9 Å². The highest BCUT2D eigenvalue weighted by molar-refractivity contribution is 5.97. The molecule has 0 aliphatic carbocycles. The molecule has 0 aliphatic heterocycles. The molecule has 0 unspecified atom stereocenters. The molecule has 4 nitrogen and oxygen atoms in total. The molecule has 2 aromatic carbocycles. The molecular formula is C17H15N3O. The lowest BCUT2D eigenvalue weighted by Crippen LogP contribution is -2.22. The van der Waals surface area contributed by atoms with E-state index in [1.54, 1.807) is 12.3 Å². The lowest BCUT2D eigenvalue weighted by Gasteiger charge is -2.07. The van der Waals surface area contributed by atoms with Gasteiger partial charge >= 0.3 is 0 Å². The van der Waals surface area contributed by atoms with E-state index >= 15 is 0 Å². The third-order valence-corrected chi connectivity index (χ3v) is 3.27. The maximum atomic E-state index is 12.2. The predicted octanol–water partition coefficient (Wildman–Crippen LogP) is 2.75. The van der Waals surface area contributed by atoms with Crippen LogP contribution in [0.25, 0.3) is 10.9 Å². The molecule has 0 saturated carbocycles. The topological polar surface area (TPSA) is 68.0 Å². The van der Waals surface area contributed by atoms with E-state index < -0.39 is 0 Å². The number of hydrogen-bond acceptors (Lipinski definition) is 3. The van der Waals surface area contributed by atoms with Crippen LogP contribution >= 0.6 is 0 Å². The van der Waals surface area contributed by atoms with Crippen molar-refractivity contribution in [1.29, 1.82) is 0 Å². The number of pyridine rings is 1. The first-order chi connectivity index (χ1) is 10.2. The molecule has 104 valence electrons. The second kappa shape index (κ2) is 5.63. The Hall–Kier alpha value is -2.88. The summed E-state index contributed by atoms with van der Waals surface area (Å²) in [5, 5.41) is 3.85. The molecule has 0 bridgehead atoms. The van der Waals surface area contributed by atoms with Crippen molar-refractivity contribution < 1.29 is 4.79 Å². The van der Waals surface area contributed by atoms with E-state index in [-0.39, 0.29) is 5.91 Å². The zero-order valence-electron chi connectivity index (χ0n) is 11.4. The minimum absolute atomic E-state index is 0.108. The molecule has 0 atom stereocenters. The van der Waals surface area contributed by atoms with Crippen molar-refractivity contribution >= 4 is 22.5 Å². The SMILES string of the molecule is Nc1cccc(CNC(=O)c2ccc3ncccc3c2)c1. The van der Waals surface area contributed by atoms with Gasteiger partial charge in [-0.1, -0.05) is 18.2 Å². The molecule has 3 N–H and O–H groups in total. The average molecular weight is 277 g/mol. The highest BCUT2D eigenvalue weighted by Crippen LogP contribution is 2.13. The quantitative estimate of drug-likeness (QED) is 0.723. The molecule has 21 heavy (non-hydrogen) atoms. The Morgan fingerprint density at radius 1 is 1.10 bits per heavy atom. The molecule has 1 amide bonds.